The van der Waals surface area contributed by atoms with Crippen LogP contribution in [-0.4, -0.2) is 15.0 Å². The second kappa shape index (κ2) is 6.27. The molecule has 1 aromatic carbocycles. The van der Waals surface area contributed by atoms with Crippen molar-refractivity contribution in [2.45, 2.75) is 6.92 Å². The first kappa shape index (κ1) is 14.7. The maximum atomic E-state index is 13.7. The summed E-state index contributed by atoms with van der Waals surface area (Å²) < 4.78 is 13.7. The van der Waals surface area contributed by atoms with E-state index in [0.29, 0.717) is 17.5 Å². The summed E-state index contributed by atoms with van der Waals surface area (Å²) >= 11 is 0. The van der Waals surface area contributed by atoms with Gasteiger partial charge in [-0.3, -0.25) is 0 Å². The van der Waals surface area contributed by atoms with Gasteiger partial charge in [0.15, 0.2) is 11.6 Å². The van der Waals surface area contributed by atoms with E-state index in [-0.39, 0.29) is 17.2 Å². The molecule has 2 aromatic heterocycles. The Kier molecular flexibility index (Phi) is 4.01. The van der Waals surface area contributed by atoms with Crippen LogP contribution in [0.15, 0.2) is 48.9 Å². The summed E-state index contributed by atoms with van der Waals surface area (Å²) in [4.78, 5) is 12.4. The number of nitrogens with one attached hydrogen (secondary N) is 2. The fraction of sp³-hybridized carbons (Fsp3) is 0.0625. The van der Waals surface area contributed by atoms with E-state index in [0.717, 1.165) is 5.56 Å². The van der Waals surface area contributed by atoms with Crippen molar-refractivity contribution >= 4 is 28.8 Å². The zero-order valence-corrected chi connectivity index (χ0v) is 12.4. The molecule has 0 aliphatic carbocycles. The highest BCUT2D eigenvalue weighted by atomic mass is 19.1. The van der Waals surface area contributed by atoms with Crippen LogP contribution >= 0.6 is 0 Å². The maximum Gasteiger partial charge on any atom is 0.160 e. The molecule has 0 aliphatic rings. The van der Waals surface area contributed by atoms with Crippen LogP contribution in [0.2, 0.25) is 0 Å². The highest BCUT2D eigenvalue weighted by molar-refractivity contribution is 5.79. The predicted molar refractivity (Wildman–Crippen MR) is 88.4 cm³/mol. The normalized spacial score (nSPS) is 10.3. The molecular formula is C16H15FN6. The first-order valence-corrected chi connectivity index (χ1v) is 6.95. The molecule has 0 atom stereocenters. The third-order valence-corrected chi connectivity index (χ3v) is 3.17. The number of anilines is 5. The summed E-state index contributed by atoms with van der Waals surface area (Å²) in [5.74, 6) is 0.949. The standard InChI is InChI=1S/C16H15FN6/c1-10-6-7-19-13(8-10)23-16-14(18)15(20-9-21-16)22-12-5-3-2-4-11(12)17/h2-9H,18H2,1H3,(H2,19,20,21,22,23). The van der Waals surface area contributed by atoms with Gasteiger partial charge in [-0.25, -0.2) is 19.3 Å². The third kappa shape index (κ3) is 3.34. The minimum atomic E-state index is -0.389. The summed E-state index contributed by atoms with van der Waals surface area (Å²) in [7, 11) is 0. The molecule has 2 heterocycles. The van der Waals surface area contributed by atoms with Crippen molar-refractivity contribution in [2.75, 3.05) is 16.4 Å². The number of hydrogen-bond acceptors (Lipinski definition) is 6. The van der Waals surface area contributed by atoms with E-state index in [1.807, 2.05) is 19.1 Å². The van der Waals surface area contributed by atoms with Crippen LogP contribution in [0.25, 0.3) is 0 Å². The summed E-state index contributed by atoms with van der Waals surface area (Å²) in [6, 6.07) is 10.0. The number of aromatic nitrogens is 3. The van der Waals surface area contributed by atoms with E-state index >= 15 is 0 Å². The minimum Gasteiger partial charge on any atom is -0.393 e. The first-order valence-electron chi connectivity index (χ1n) is 6.95. The highest BCUT2D eigenvalue weighted by Gasteiger charge is 2.10. The van der Waals surface area contributed by atoms with Crippen LogP contribution in [0.5, 0.6) is 0 Å². The molecule has 0 aliphatic heterocycles. The molecule has 116 valence electrons. The third-order valence-electron chi connectivity index (χ3n) is 3.17. The van der Waals surface area contributed by atoms with Crippen LogP contribution in [0.4, 0.5) is 33.2 Å². The van der Waals surface area contributed by atoms with Crippen LogP contribution in [0.3, 0.4) is 0 Å². The lowest BCUT2D eigenvalue weighted by Gasteiger charge is -2.12. The van der Waals surface area contributed by atoms with Gasteiger partial charge in [-0.05, 0) is 36.8 Å². The van der Waals surface area contributed by atoms with Gasteiger partial charge >= 0.3 is 0 Å². The van der Waals surface area contributed by atoms with Crippen LogP contribution in [0, 0.1) is 12.7 Å². The topological polar surface area (TPSA) is 88.8 Å². The molecule has 0 saturated carbocycles. The molecule has 0 unspecified atom stereocenters. The number of hydrogen-bond donors (Lipinski definition) is 3. The summed E-state index contributed by atoms with van der Waals surface area (Å²) in [6.07, 6.45) is 3.03. The average molecular weight is 310 g/mol. The summed E-state index contributed by atoms with van der Waals surface area (Å²) in [5, 5.41) is 5.90. The molecule has 4 N–H and O–H groups in total. The number of para-hydroxylation sites is 1. The molecule has 3 aromatic rings. The van der Waals surface area contributed by atoms with Crippen LogP contribution in [-0.2, 0) is 0 Å². The van der Waals surface area contributed by atoms with Gasteiger partial charge < -0.3 is 16.4 Å². The van der Waals surface area contributed by atoms with E-state index in [2.05, 4.69) is 25.6 Å². The zero-order valence-electron chi connectivity index (χ0n) is 12.4. The van der Waals surface area contributed by atoms with Crippen molar-refractivity contribution in [3.05, 3.63) is 60.3 Å². The number of nitrogens with two attached hydrogens (primary N) is 1. The number of benzene rings is 1. The van der Waals surface area contributed by atoms with Crippen molar-refractivity contribution in [3.63, 3.8) is 0 Å². The molecule has 0 amide bonds. The Morgan fingerprint density at radius 3 is 2.48 bits per heavy atom. The van der Waals surface area contributed by atoms with E-state index in [4.69, 9.17) is 5.73 Å². The van der Waals surface area contributed by atoms with E-state index < -0.39 is 0 Å². The summed E-state index contributed by atoms with van der Waals surface area (Å²) in [5.41, 5.74) is 7.69. The molecule has 6 nitrogen and oxygen atoms in total. The monoisotopic (exact) mass is 310 g/mol. The average Bonchev–Trinajstić information content (AvgIpc) is 2.53. The lowest BCUT2D eigenvalue weighted by Crippen LogP contribution is -2.06. The van der Waals surface area contributed by atoms with Gasteiger partial charge in [-0.1, -0.05) is 12.1 Å². The Morgan fingerprint density at radius 2 is 1.74 bits per heavy atom. The largest absolute Gasteiger partial charge is 0.393 e. The van der Waals surface area contributed by atoms with Crippen molar-refractivity contribution in [2.24, 2.45) is 0 Å². The molecule has 3 rings (SSSR count). The smallest absolute Gasteiger partial charge is 0.160 e. The zero-order chi connectivity index (χ0) is 16.2. The fourth-order valence-electron chi connectivity index (χ4n) is 2.01. The Bertz CT molecular complexity index is 836. The Balaban J connectivity index is 1.88. The van der Waals surface area contributed by atoms with Gasteiger partial charge in [-0.15, -0.1) is 0 Å². The lowest BCUT2D eigenvalue weighted by molar-refractivity contribution is 0.632. The van der Waals surface area contributed by atoms with Crippen LogP contribution < -0.4 is 16.4 Å². The number of pyridine rings is 1. The molecule has 0 fully saturated rings. The minimum absolute atomic E-state index is 0.277. The van der Waals surface area contributed by atoms with Crippen molar-refractivity contribution in [1.29, 1.82) is 0 Å². The summed E-state index contributed by atoms with van der Waals surface area (Å²) in [6.45, 7) is 1.96. The number of aryl methyl sites for hydroxylation is 1. The lowest BCUT2D eigenvalue weighted by atomic mass is 10.3. The van der Waals surface area contributed by atoms with E-state index in [1.54, 1.807) is 24.4 Å². The molecule has 7 heteroatoms. The van der Waals surface area contributed by atoms with Crippen LogP contribution in [0.1, 0.15) is 5.56 Å². The molecule has 0 radical (unpaired) electrons. The SMILES string of the molecule is Cc1ccnc(Nc2ncnc(Nc3ccccc3F)c2N)c1. The first-order chi connectivity index (χ1) is 11.1. The van der Waals surface area contributed by atoms with Crippen molar-refractivity contribution in [1.82, 2.24) is 15.0 Å². The number of halogens is 1. The quantitative estimate of drug-likeness (QED) is 0.684. The predicted octanol–water partition coefficient (Wildman–Crippen LogP) is 3.39. The van der Waals surface area contributed by atoms with Gasteiger partial charge in [-0.2, -0.15) is 0 Å². The van der Waals surface area contributed by atoms with E-state index in [9.17, 15) is 4.39 Å². The second-order valence-electron chi connectivity index (χ2n) is 4.93. The Labute approximate surface area is 132 Å². The van der Waals surface area contributed by atoms with Gasteiger partial charge in [0.2, 0.25) is 0 Å². The van der Waals surface area contributed by atoms with Crippen molar-refractivity contribution in [3.8, 4) is 0 Å². The Hall–Kier alpha value is -3.22. The van der Waals surface area contributed by atoms with E-state index in [1.165, 1.54) is 12.4 Å². The second-order valence-corrected chi connectivity index (χ2v) is 4.93. The number of nitrogen functional groups attached to an aromatic ring is 1. The maximum absolute atomic E-state index is 13.7. The van der Waals surface area contributed by atoms with Gasteiger partial charge in [0, 0.05) is 6.20 Å². The fourth-order valence-corrected chi connectivity index (χ4v) is 2.01. The van der Waals surface area contributed by atoms with Gasteiger partial charge in [0.25, 0.3) is 0 Å². The highest BCUT2D eigenvalue weighted by Crippen LogP contribution is 2.28. The molecule has 0 bridgehead atoms. The van der Waals surface area contributed by atoms with Crippen molar-refractivity contribution < 1.29 is 4.39 Å². The number of rotatable bonds is 4. The molecule has 23 heavy (non-hydrogen) atoms. The molecular weight excluding hydrogens is 295 g/mol. The number of nitrogens with zero attached hydrogens (tertiary/aromatic N) is 3. The van der Waals surface area contributed by atoms with Gasteiger partial charge in [0.05, 0.1) is 5.69 Å². The van der Waals surface area contributed by atoms with Gasteiger partial charge in [0.1, 0.15) is 23.6 Å². The molecule has 0 saturated heterocycles. The molecule has 0 spiro atoms. The Morgan fingerprint density at radius 1 is 1.00 bits per heavy atom.